The number of carbonyl (C=O) groups excluding carboxylic acids is 1. The Hall–Kier alpha value is -3.41. The highest BCUT2D eigenvalue weighted by molar-refractivity contribution is 8.27. The predicted molar refractivity (Wildman–Crippen MR) is 138 cm³/mol. The molecule has 1 saturated heterocycles. The maximum Gasteiger partial charge on any atom is 0.287 e. The van der Waals surface area contributed by atoms with E-state index in [1.165, 1.54) is 35.9 Å². The van der Waals surface area contributed by atoms with E-state index in [9.17, 15) is 14.9 Å². The molecule has 1 aliphatic rings. The fraction of sp³-hybridized carbons (Fsp3) is 0.0870. The highest BCUT2D eigenvalue weighted by Crippen LogP contribution is 2.38. The second-order valence-corrected chi connectivity index (χ2v) is 9.40. The van der Waals surface area contributed by atoms with Crippen molar-refractivity contribution in [3.8, 4) is 17.4 Å². The molecule has 34 heavy (non-hydrogen) atoms. The van der Waals surface area contributed by atoms with Gasteiger partial charge in [0.2, 0.25) is 5.88 Å². The Kier molecular flexibility index (Phi) is 7.15. The summed E-state index contributed by atoms with van der Waals surface area (Å²) in [6, 6.07) is 15.5. The van der Waals surface area contributed by atoms with Crippen LogP contribution in [0.2, 0.25) is 0 Å². The van der Waals surface area contributed by atoms with Gasteiger partial charge in [-0.15, -0.1) is 11.8 Å². The molecule has 0 bridgehead atoms. The van der Waals surface area contributed by atoms with Crippen molar-refractivity contribution in [3.63, 3.8) is 0 Å². The highest BCUT2D eigenvalue weighted by atomic mass is 32.2. The largest absolute Gasteiger partial charge is 0.493 e. The molecule has 172 valence electrons. The first-order chi connectivity index (χ1) is 16.4. The molecule has 0 atom stereocenters. The topological polar surface area (TPSA) is 94.8 Å². The molecule has 2 heterocycles. The molecule has 0 N–H and O–H groups in total. The lowest BCUT2D eigenvalue weighted by Gasteiger charge is -2.15. The van der Waals surface area contributed by atoms with Crippen LogP contribution < -0.4 is 14.4 Å². The van der Waals surface area contributed by atoms with E-state index in [1.807, 2.05) is 30.5 Å². The summed E-state index contributed by atoms with van der Waals surface area (Å²) in [4.78, 5) is 30.3. The molecule has 0 spiro atoms. The summed E-state index contributed by atoms with van der Waals surface area (Å²) in [5.41, 5.74) is 1.32. The molecule has 1 fully saturated rings. The third-order valence-corrected chi connectivity index (χ3v) is 6.76. The lowest BCUT2D eigenvalue weighted by atomic mass is 10.2. The normalized spacial score (nSPS) is 14.5. The fourth-order valence-electron chi connectivity index (χ4n) is 3.10. The second kappa shape index (κ2) is 10.2. The van der Waals surface area contributed by atoms with Crippen molar-refractivity contribution >= 4 is 63.4 Å². The molecule has 1 aliphatic heterocycles. The molecule has 1 amide bonds. The average Bonchev–Trinajstić information content (AvgIpc) is 3.12. The van der Waals surface area contributed by atoms with Crippen molar-refractivity contribution in [1.82, 2.24) is 4.98 Å². The highest BCUT2D eigenvalue weighted by Gasteiger charge is 2.33. The number of thiocarbonyl (C=S) groups is 1. The van der Waals surface area contributed by atoms with Crippen molar-refractivity contribution in [2.45, 2.75) is 4.90 Å². The third kappa shape index (κ3) is 5.06. The summed E-state index contributed by atoms with van der Waals surface area (Å²) in [5, 5.41) is 10.8. The van der Waals surface area contributed by atoms with Crippen molar-refractivity contribution in [3.05, 3.63) is 81.4 Å². The van der Waals surface area contributed by atoms with E-state index in [2.05, 4.69) is 4.98 Å². The Labute approximate surface area is 209 Å². The zero-order chi connectivity index (χ0) is 24.2. The number of anilines is 1. The van der Waals surface area contributed by atoms with Gasteiger partial charge in [0.25, 0.3) is 11.6 Å². The van der Waals surface area contributed by atoms with E-state index in [1.54, 1.807) is 36.0 Å². The minimum atomic E-state index is -0.533. The zero-order valence-electron chi connectivity index (χ0n) is 18.0. The molecule has 1 aromatic heterocycles. The first kappa shape index (κ1) is 23.7. The molecule has 0 saturated carbocycles. The summed E-state index contributed by atoms with van der Waals surface area (Å²) >= 11 is 8.29. The van der Waals surface area contributed by atoms with E-state index in [4.69, 9.17) is 21.7 Å². The Balaban J connectivity index is 1.56. The molecule has 0 unspecified atom stereocenters. The Morgan fingerprint density at radius 2 is 2.00 bits per heavy atom. The minimum absolute atomic E-state index is 0.132. The van der Waals surface area contributed by atoms with Crippen LogP contribution in [0.15, 0.2) is 70.6 Å². The lowest BCUT2D eigenvalue weighted by molar-refractivity contribution is -0.385. The van der Waals surface area contributed by atoms with Crippen LogP contribution in [0.4, 0.5) is 11.4 Å². The van der Waals surface area contributed by atoms with E-state index in [0.717, 1.165) is 22.3 Å². The predicted octanol–water partition coefficient (Wildman–Crippen LogP) is 5.92. The number of thioether (sulfide) groups is 2. The maximum atomic E-state index is 13.1. The lowest BCUT2D eigenvalue weighted by Crippen LogP contribution is -2.27. The van der Waals surface area contributed by atoms with Crippen molar-refractivity contribution in [2.24, 2.45) is 0 Å². The van der Waals surface area contributed by atoms with Crippen LogP contribution in [-0.2, 0) is 4.79 Å². The molecule has 0 radical (unpaired) electrons. The van der Waals surface area contributed by atoms with Crippen molar-refractivity contribution in [2.75, 3.05) is 18.3 Å². The number of pyridine rings is 1. The van der Waals surface area contributed by atoms with Crippen LogP contribution in [0.25, 0.3) is 6.08 Å². The molecule has 4 rings (SSSR count). The Morgan fingerprint density at radius 3 is 2.68 bits per heavy atom. The van der Waals surface area contributed by atoms with Crippen LogP contribution in [-0.4, -0.2) is 33.5 Å². The van der Waals surface area contributed by atoms with Gasteiger partial charge >= 0.3 is 0 Å². The number of carbonyl (C=O) groups is 1. The van der Waals surface area contributed by atoms with Crippen LogP contribution in [0, 0.1) is 10.1 Å². The van der Waals surface area contributed by atoms with Crippen molar-refractivity contribution in [1.29, 1.82) is 0 Å². The summed E-state index contributed by atoms with van der Waals surface area (Å²) in [6.45, 7) is 0. The summed E-state index contributed by atoms with van der Waals surface area (Å²) < 4.78 is 11.6. The van der Waals surface area contributed by atoms with E-state index >= 15 is 0 Å². The number of benzene rings is 2. The van der Waals surface area contributed by atoms with Gasteiger partial charge in [-0.1, -0.05) is 36.1 Å². The van der Waals surface area contributed by atoms with E-state index < -0.39 is 4.92 Å². The van der Waals surface area contributed by atoms with E-state index in [-0.39, 0.29) is 17.5 Å². The number of hydrogen-bond acceptors (Lipinski definition) is 9. The SMILES string of the molecule is COc1cc(/C=C2/SC(=S)N(c3cccc(SC)c3)C2=O)ccc1Oc1ccc([N+](=O)[O-])cn1. The van der Waals surface area contributed by atoms with Gasteiger partial charge in [-0.3, -0.25) is 19.8 Å². The maximum absolute atomic E-state index is 13.1. The standard InChI is InChI=1S/C23H17N3O5S3/c1-30-19-10-14(6-8-18(19)31-21-9-7-16(13-24-21)26(28)29)11-20-22(27)25(23(32)34-20)15-4-3-5-17(12-15)33-2/h3-13H,1-2H3/b20-11+. The molecule has 3 aromatic rings. The minimum Gasteiger partial charge on any atom is -0.493 e. The summed E-state index contributed by atoms with van der Waals surface area (Å²) in [5.74, 6) is 0.784. The first-order valence-corrected chi connectivity index (χ1v) is 12.2. The van der Waals surface area contributed by atoms with Crippen LogP contribution in [0.1, 0.15) is 5.56 Å². The van der Waals surface area contributed by atoms with Gasteiger partial charge in [0.1, 0.15) is 6.20 Å². The molecular weight excluding hydrogens is 494 g/mol. The number of aromatic nitrogens is 1. The zero-order valence-corrected chi connectivity index (χ0v) is 20.4. The molecule has 2 aromatic carbocycles. The quantitative estimate of drug-likeness (QED) is 0.126. The van der Waals surface area contributed by atoms with Gasteiger partial charge < -0.3 is 9.47 Å². The monoisotopic (exact) mass is 511 g/mol. The number of amides is 1. The second-order valence-electron chi connectivity index (χ2n) is 6.84. The van der Waals surface area contributed by atoms with Gasteiger partial charge in [0, 0.05) is 17.0 Å². The van der Waals surface area contributed by atoms with E-state index in [0.29, 0.717) is 20.7 Å². The van der Waals surface area contributed by atoms with Gasteiger partial charge in [-0.2, -0.15) is 0 Å². The smallest absolute Gasteiger partial charge is 0.287 e. The molecular formula is C23H17N3O5S3. The third-order valence-electron chi connectivity index (χ3n) is 4.74. The van der Waals surface area contributed by atoms with Gasteiger partial charge in [-0.05, 0) is 48.2 Å². The average molecular weight is 512 g/mol. The number of ether oxygens (including phenoxy) is 2. The summed E-state index contributed by atoms with van der Waals surface area (Å²) in [6.07, 6.45) is 4.84. The number of rotatable bonds is 7. The Bertz CT molecular complexity index is 1310. The van der Waals surface area contributed by atoms with Crippen molar-refractivity contribution < 1.29 is 19.2 Å². The summed E-state index contributed by atoms with van der Waals surface area (Å²) in [7, 11) is 1.49. The van der Waals surface area contributed by atoms with Gasteiger partial charge in [0.15, 0.2) is 15.8 Å². The molecule has 8 nitrogen and oxygen atoms in total. The van der Waals surface area contributed by atoms with Crippen LogP contribution >= 0.6 is 35.7 Å². The fourth-order valence-corrected chi connectivity index (χ4v) is 4.86. The Morgan fingerprint density at radius 1 is 1.18 bits per heavy atom. The number of nitrogens with zero attached hydrogens (tertiary/aromatic N) is 3. The number of methoxy groups -OCH3 is 1. The van der Waals surface area contributed by atoms with Gasteiger partial charge in [0.05, 0.1) is 22.6 Å². The number of hydrogen-bond donors (Lipinski definition) is 0. The number of nitro groups is 1. The molecule has 0 aliphatic carbocycles. The van der Waals surface area contributed by atoms with Crippen LogP contribution in [0.5, 0.6) is 17.4 Å². The van der Waals surface area contributed by atoms with Gasteiger partial charge in [-0.25, -0.2) is 4.98 Å². The van der Waals surface area contributed by atoms with Crippen LogP contribution in [0.3, 0.4) is 0 Å². The molecule has 11 heteroatoms. The first-order valence-electron chi connectivity index (χ1n) is 9.78.